The van der Waals surface area contributed by atoms with Crippen LogP contribution in [0.2, 0.25) is 0 Å². The molecular formula is C26H22N2O5. The minimum Gasteiger partial charge on any atom is -0.480 e. The first-order chi connectivity index (χ1) is 16.0. The predicted molar refractivity (Wildman–Crippen MR) is 121 cm³/mol. The maximum Gasteiger partial charge on any atom is 0.335 e. The van der Waals surface area contributed by atoms with E-state index in [1.54, 1.807) is 41.3 Å². The van der Waals surface area contributed by atoms with Crippen LogP contribution in [-0.4, -0.2) is 40.4 Å². The molecule has 166 valence electrons. The summed E-state index contributed by atoms with van der Waals surface area (Å²) in [7, 11) is 0. The zero-order valence-electron chi connectivity index (χ0n) is 17.8. The highest BCUT2D eigenvalue weighted by Gasteiger charge is 2.29. The molecule has 0 aromatic heterocycles. The van der Waals surface area contributed by atoms with Crippen LogP contribution in [0.15, 0.2) is 66.7 Å². The number of ether oxygens (including phenoxy) is 1. The van der Waals surface area contributed by atoms with Crippen LogP contribution < -0.4 is 10.1 Å². The lowest BCUT2D eigenvalue weighted by Gasteiger charge is -2.29. The van der Waals surface area contributed by atoms with Gasteiger partial charge in [-0.05, 0) is 59.5 Å². The highest BCUT2D eigenvalue weighted by molar-refractivity contribution is 5.99. The van der Waals surface area contributed by atoms with Crippen molar-refractivity contribution in [3.63, 3.8) is 0 Å². The van der Waals surface area contributed by atoms with Gasteiger partial charge in [0.05, 0.1) is 5.56 Å². The monoisotopic (exact) mass is 442 g/mol. The average molecular weight is 442 g/mol. The van der Waals surface area contributed by atoms with Gasteiger partial charge in [0.2, 0.25) is 0 Å². The van der Waals surface area contributed by atoms with Gasteiger partial charge in [0.25, 0.3) is 11.8 Å². The number of benzene rings is 3. The number of carbonyl (C=O) groups is 3. The summed E-state index contributed by atoms with van der Waals surface area (Å²) < 4.78 is 5.74. The smallest absolute Gasteiger partial charge is 0.335 e. The van der Waals surface area contributed by atoms with Gasteiger partial charge in [-0.25, -0.2) is 4.79 Å². The highest BCUT2D eigenvalue weighted by Crippen LogP contribution is 2.29. The van der Waals surface area contributed by atoms with Crippen molar-refractivity contribution in [2.24, 2.45) is 0 Å². The summed E-state index contributed by atoms with van der Waals surface area (Å²) in [6, 6.07) is 19.5. The molecule has 2 heterocycles. The lowest BCUT2D eigenvalue weighted by molar-refractivity contribution is -0.122. The summed E-state index contributed by atoms with van der Waals surface area (Å²) in [4.78, 5) is 38.8. The van der Waals surface area contributed by atoms with Gasteiger partial charge < -0.3 is 20.1 Å². The van der Waals surface area contributed by atoms with Crippen molar-refractivity contribution in [1.29, 1.82) is 0 Å². The first kappa shape index (κ1) is 20.8. The third-order valence-corrected chi connectivity index (χ3v) is 6.07. The lowest BCUT2D eigenvalue weighted by atomic mass is 9.97. The van der Waals surface area contributed by atoms with Crippen molar-refractivity contribution < 1.29 is 24.2 Å². The number of para-hydroxylation sites is 1. The van der Waals surface area contributed by atoms with E-state index in [1.807, 2.05) is 30.3 Å². The van der Waals surface area contributed by atoms with Crippen molar-refractivity contribution in [2.75, 3.05) is 11.9 Å². The number of hydrogen-bond acceptors (Lipinski definition) is 4. The predicted octanol–water partition coefficient (Wildman–Crippen LogP) is 3.53. The molecule has 0 bridgehead atoms. The topological polar surface area (TPSA) is 95.9 Å². The van der Waals surface area contributed by atoms with Gasteiger partial charge >= 0.3 is 5.97 Å². The van der Waals surface area contributed by atoms with Crippen LogP contribution >= 0.6 is 0 Å². The van der Waals surface area contributed by atoms with Crippen LogP contribution in [0.1, 0.15) is 37.4 Å². The zero-order chi connectivity index (χ0) is 22.9. The van der Waals surface area contributed by atoms with Gasteiger partial charge in [-0.1, -0.05) is 30.3 Å². The van der Waals surface area contributed by atoms with Gasteiger partial charge in [0, 0.05) is 30.8 Å². The van der Waals surface area contributed by atoms with E-state index in [-0.39, 0.29) is 17.4 Å². The number of aromatic carboxylic acids is 1. The largest absolute Gasteiger partial charge is 0.480 e. The van der Waals surface area contributed by atoms with E-state index in [2.05, 4.69) is 5.32 Å². The molecule has 0 saturated carbocycles. The molecule has 3 aromatic rings. The Hall–Kier alpha value is -4.13. The number of hydrogen-bond donors (Lipinski definition) is 2. The third-order valence-electron chi connectivity index (χ3n) is 6.07. The number of carboxylic acids is 1. The van der Waals surface area contributed by atoms with E-state index < -0.39 is 12.1 Å². The number of nitrogens with zero attached hydrogens (tertiary/aromatic N) is 1. The minimum atomic E-state index is -0.987. The Labute approximate surface area is 190 Å². The fraction of sp³-hybridized carbons (Fsp3) is 0.192. The summed E-state index contributed by atoms with van der Waals surface area (Å²) in [5.74, 6) is -0.692. The molecule has 3 aromatic carbocycles. The van der Waals surface area contributed by atoms with Crippen molar-refractivity contribution in [1.82, 2.24) is 4.90 Å². The first-order valence-electron chi connectivity index (χ1n) is 10.8. The Morgan fingerprint density at radius 2 is 1.76 bits per heavy atom. The summed E-state index contributed by atoms with van der Waals surface area (Å²) >= 11 is 0. The molecule has 0 fully saturated rings. The molecular weight excluding hydrogens is 420 g/mol. The van der Waals surface area contributed by atoms with Crippen LogP contribution in [0, 0.1) is 0 Å². The van der Waals surface area contributed by atoms with Crippen LogP contribution in [-0.2, 0) is 24.2 Å². The Balaban J connectivity index is 1.27. The minimum absolute atomic E-state index is 0.165. The summed E-state index contributed by atoms with van der Waals surface area (Å²) in [6.07, 6.45) is 0.562. The second-order valence-corrected chi connectivity index (χ2v) is 8.25. The van der Waals surface area contributed by atoms with Crippen molar-refractivity contribution in [3.8, 4) is 5.75 Å². The SMILES string of the molecule is O=C(O)c1ccc2c(c1)CN(C(=O)c1cccc(NC(=O)C3Cc4ccccc4O3)c1)CC2. The van der Waals surface area contributed by atoms with Crippen LogP contribution in [0.3, 0.4) is 0 Å². The molecule has 2 N–H and O–H groups in total. The Morgan fingerprint density at radius 3 is 2.58 bits per heavy atom. The second kappa shape index (κ2) is 8.43. The number of anilines is 1. The van der Waals surface area contributed by atoms with E-state index >= 15 is 0 Å². The molecule has 2 aliphatic heterocycles. The number of amides is 2. The molecule has 0 aliphatic carbocycles. The first-order valence-corrected chi connectivity index (χ1v) is 10.8. The fourth-order valence-electron chi connectivity index (χ4n) is 4.33. The molecule has 1 atom stereocenters. The average Bonchev–Trinajstić information content (AvgIpc) is 3.27. The fourth-order valence-corrected chi connectivity index (χ4v) is 4.33. The molecule has 2 aliphatic rings. The molecule has 1 unspecified atom stereocenters. The second-order valence-electron chi connectivity index (χ2n) is 8.25. The van der Waals surface area contributed by atoms with Crippen LogP contribution in [0.4, 0.5) is 5.69 Å². The summed E-state index contributed by atoms with van der Waals surface area (Å²) in [5, 5.41) is 12.1. The molecule has 7 nitrogen and oxygen atoms in total. The standard InChI is InChI=1S/C26H22N2O5/c29-24(23-14-17-4-1-2-7-22(17)33-23)27-21-6-3-5-18(13-21)25(30)28-11-10-16-8-9-19(26(31)32)12-20(16)15-28/h1-9,12-13,23H,10-11,14-15H2,(H,27,29)(H,31,32). The normalized spacial score (nSPS) is 16.4. The molecule has 0 radical (unpaired) electrons. The number of carboxylic acid groups (broad SMARTS) is 1. The third kappa shape index (κ3) is 4.17. The maximum atomic E-state index is 13.1. The molecule has 0 saturated heterocycles. The molecule has 2 amide bonds. The molecule has 33 heavy (non-hydrogen) atoms. The van der Waals surface area contributed by atoms with Crippen LogP contribution in [0.25, 0.3) is 0 Å². The highest BCUT2D eigenvalue weighted by atomic mass is 16.5. The van der Waals surface area contributed by atoms with Crippen molar-refractivity contribution in [3.05, 3.63) is 94.5 Å². The van der Waals surface area contributed by atoms with E-state index in [1.165, 1.54) is 0 Å². The Morgan fingerprint density at radius 1 is 0.909 bits per heavy atom. The van der Waals surface area contributed by atoms with Crippen molar-refractivity contribution >= 4 is 23.5 Å². The quantitative estimate of drug-likeness (QED) is 0.645. The Bertz CT molecular complexity index is 1240. The van der Waals surface area contributed by atoms with Gasteiger partial charge in [-0.2, -0.15) is 0 Å². The summed E-state index contributed by atoms with van der Waals surface area (Å²) in [6.45, 7) is 0.892. The maximum absolute atomic E-state index is 13.1. The number of rotatable bonds is 4. The van der Waals surface area contributed by atoms with Gasteiger partial charge in [-0.15, -0.1) is 0 Å². The van der Waals surface area contributed by atoms with E-state index in [0.717, 1.165) is 22.4 Å². The molecule has 5 rings (SSSR count). The molecule has 7 heteroatoms. The van der Waals surface area contributed by atoms with Crippen LogP contribution in [0.5, 0.6) is 5.75 Å². The Kier molecular flexibility index (Phi) is 5.30. The summed E-state index contributed by atoms with van der Waals surface area (Å²) in [5.41, 5.74) is 4.10. The zero-order valence-corrected chi connectivity index (χ0v) is 17.8. The van der Waals surface area contributed by atoms with Gasteiger partial charge in [0.1, 0.15) is 5.75 Å². The number of carbonyl (C=O) groups excluding carboxylic acids is 2. The van der Waals surface area contributed by atoms with E-state index in [4.69, 9.17) is 4.74 Å². The van der Waals surface area contributed by atoms with Gasteiger partial charge in [0.15, 0.2) is 6.10 Å². The van der Waals surface area contributed by atoms with E-state index in [9.17, 15) is 19.5 Å². The van der Waals surface area contributed by atoms with Crippen molar-refractivity contribution in [2.45, 2.75) is 25.5 Å². The lowest BCUT2D eigenvalue weighted by Crippen LogP contribution is -2.36. The van der Waals surface area contributed by atoms with Gasteiger partial charge in [-0.3, -0.25) is 9.59 Å². The molecule has 0 spiro atoms. The van der Waals surface area contributed by atoms with E-state index in [0.29, 0.717) is 37.2 Å². The number of fused-ring (bicyclic) bond motifs is 2. The number of nitrogens with one attached hydrogen (secondary N) is 1.